The zero-order valence-electron chi connectivity index (χ0n) is 9.95. The normalized spacial score (nSPS) is 16.2. The van der Waals surface area contributed by atoms with Crippen LogP contribution in [0.3, 0.4) is 0 Å². The van der Waals surface area contributed by atoms with Gasteiger partial charge in [0.2, 0.25) is 0 Å². The van der Waals surface area contributed by atoms with Crippen molar-refractivity contribution in [3.63, 3.8) is 0 Å². The van der Waals surface area contributed by atoms with Gasteiger partial charge in [0.1, 0.15) is 11.6 Å². The first-order valence-corrected chi connectivity index (χ1v) is 6.19. The number of aromatic nitrogens is 2. The molecule has 0 aliphatic carbocycles. The van der Waals surface area contributed by atoms with Crippen LogP contribution in [0.4, 0.5) is 10.2 Å². The molecule has 18 heavy (non-hydrogen) atoms. The van der Waals surface area contributed by atoms with E-state index in [0.717, 1.165) is 25.9 Å². The van der Waals surface area contributed by atoms with Crippen LogP contribution in [0, 0.1) is 5.82 Å². The molecule has 0 bridgehead atoms. The summed E-state index contributed by atoms with van der Waals surface area (Å²) in [5, 5.41) is 0.677. The quantitative estimate of drug-likeness (QED) is 0.839. The summed E-state index contributed by atoms with van der Waals surface area (Å²) in [6.07, 6.45) is 3.38. The van der Waals surface area contributed by atoms with Crippen LogP contribution in [0.2, 0.25) is 0 Å². The largest absolute Gasteiger partial charge is 0.356 e. The van der Waals surface area contributed by atoms with E-state index >= 15 is 0 Å². The molecule has 0 spiro atoms. The lowest BCUT2D eigenvalue weighted by Gasteiger charge is -2.28. The maximum atomic E-state index is 13.7. The molecule has 0 unspecified atom stereocenters. The number of para-hydroxylation sites is 1. The minimum absolute atomic E-state index is 0.248. The molecular weight excluding hydrogens is 233 g/mol. The van der Waals surface area contributed by atoms with Gasteiger partial charge in [0, 0.05) is 18.5 Å². The number of aromatic amines is 1. The summed E-state index contributed by atoms with van der Waals surface area (Å²) < 4.78 is 13.7. The first kappa shape index (κ1) is 11.2. The Morgan fingerprint density at radius 1 is 1.22 bits per heavy atom. The molecule has 94 valence electrons. The lowest BCUT2D eigenvalue weighted by molar-refractivity contribution is 0.573. The molecule has 5 heteroatoms. The number of piperidine rings is 1. The zero-order chi connectivity index (χ0) is 12.5. The van der Waals surface area contributed by atoms with E-state index in [1.165, 1.54) is 12.5 Å². The number of halogens is 1. The molecule has 2 aromatic rings. The molecule has 0 saturated carbocycles. The molecule has 0 amide bonds. The minimum atomic E-state index is -0.492. The molecule has 2 heterocycles. The van der Waals surface area contributed by atoms with Gasteiger partial charge in [-0.3, -0.25) is 0 Å². The highest BCUT2D eigenvalue weighted by Crippen LogP contribution is 2.25. The SMILES string of the molecule is O=c1nc(N2CCCCC2)c2cccc(F)c2[nH]1. The minimum Gasteiger partial charge on any atom is -0.356 e. The van der Waals surface area contributed by atoms with Crippen molar-refractivity contribution in [3.05, 3.63) is 34.5 Å². The van der Waals surface area contributed by atoms with Crippen molar-refractivity contribution in [2.45, 2.75) is 19.3 Å². The number of nitrogens with zero attached hydrogens (tertiary/aromatic N) is 2. The van der Waals surface area contributed by atoms with Crippen molar-refractivity contribution in [2.24, 2.45) is 0 Å². The van der Waals surface area contributed by atoms with Crippen LogP contribution in [0.5, 0.6) is 0 Å². The Balaban J connectivity index is 2.21. The second-order valence-corrected chi connectivity index (χ2v) is 4.58. The number of hydrogen-bond donors (Lipinski definition) is 1. The highest BCUT2D eigenvalue weighted by Gasteiger charge is 2.17. The van der Waals surface area contributed by atoms with E-state index in [0.29, 0.717) is 11.2 Å². The van der Waals surface area contributed by atoms with Gasteiger partial charge < -0.3 is 9.88 Å². The summed E-state index contributed by atoms with van der Waals surface area (Å²) in [6.45, 7) is 1.75. The van der Waals surface area contributed by atoms with Crippen molar-refractivity contribution >= 4 is 16.7 Å². The van der Waals surface area contributed by atoms with Gasteiger partial charge in [-0.1, -0.05) is 6.07 Å². The molecule has 3 rings (SSSR count). The Morgan fingerprint density at radius 2 is 2.00 bits per heavy atom. The average Bonchev–Trinajstić information content (AvgIpc) is 2.40. The number of anilines is 1. The van der Waals surface area contributed by atoms with E-state index in [-0.39, 0.29) is 5.52 Å². The van der Waals surface area contributed by atoms with E-state index in [1.807, 2.05) is 0 Å². The molecule has 1 saturated heterocycles. The Labute approximate surface area is 103 Å². The van der Waals surface area contributed by atoms with Crippen LogP contribution >= 0.6 is 0 Å². The van der Waals surface area contributed by atoms with E-state index in [2.05, 4.69) is 14.9 Å². The van der Waals surface area contributed by atoms with Crippen LogP contribution in [0.25, 0.3) is 10.9 Å². The van der Waals surface area contributed by atoms with Gasteiger partial charge in [-0.25, -0.2) is 9.18 Å². The fourth-order valence-electron chi connectivity index (χ4n) is 2.48. The highest BCUT2D eigenvalue weighted by molar-refractivity contribution is 5.89. The Kier molecular flexibility index (Phi) is 2.74. The summed E-state index contributed by atoms with van der Waals surface area (Å²) in [7, 11) is 0. The number of H-pyrrole nitrogens is 1. The molecule has 1 aromatic carbocycles. The summed E-state index contributed by atoms with van der Waals surface area (Å²) >= 11 is 0. The third kappa shape index (κ3) is 1.85. The molecular formula is C13H14FN3O. The summed E-state index contributed by atoms with van der Waals surface area (Å²) in [5.74, 6) is 0.193. The Hall–Kier alpha value is -1.91. The van der Waals surface area contributed by atoms with Crippen molar-refractivity contribution in [1.29, 1.82) is 0 Å². The molecule has 1 N–H and O–H groups in total. The van der Waals surface area contributed by atoms with Crippen LogP contribution < -0.4 is 10.6 Å². The van der Waals surface area contributed by atoms with Gasteiger partial charge in [-0.05, 0) is 31.4 Å². The predicted octanol–water partition coefficient (Wildman–Crippen LogP) is 2.05. The fourth-order valence-corrected chi connectivity index (χ4v) is 2.48. The van der Waals surface area contributed by atoms with Crippen LogP contribution in [-0.4, -0.2) is 23.1 Å². The standard InChI is InChI=1S/C13H14FN3O/c14-10-6-4-5-9-11(10)15-13(18)16-12(9)17-7-2-1-3-8-17/h4-6H,1-3,7-8H2,(H,15,16,18). The summed E-state index contributed by atoms with van der Waals surface area (Å²) in [6, 6.07) is 4.79. The van der Waals surface area contributed by atoms with Gasteiger partial charge in [0.25, 0.3) is 0 Å². The number of benzene rings is 1. The molecule has 1 aromatic heterocycles. The van der Waals surface area contributed by atoms with Gasteiger partial charge in [0.05, 0.1) is 5.52 Å². The van der Waals surface area contributed by atoms with Gasteiger partial charge in [-0.15, -0.1) is 0 Å². The number of fused-ring (bicyclic) bond motifs is 1. The Bertz CT molecular complexity index is 632. The van der Waals surface area contributed by atoms with Crippen molar-refractivity contribution < 1.29 is 4.39 Å². The smallest absolute Gasteiger partial charge is 0.347 e. The fraction of sp³-hybridized carbons (Fsp3) is 0.385. The summed E-state index contributed by atoms with van der Waals surface area (Å²) in [5.41, 5.74) is -0.244. The van der Waals surface area contributed by atoms with Gasteiger partial charge in [-0.2, -0.15) is 4.98 Å². The average molecular weight is 247 g/mol. The maximum absolute atomic E-state index is 13.7. The first-order valence-electron chi connectivity index (χ1n) is 6.19. The number of nitrogens with one attached hydrogen (secondary N) is 1. The van der Waals surface area contributed by atoms with E-state index in [4.69, 9.17) is 0 Å². The molecule has 4 nitrogen and oxygen atoms in total. The molecule has 1 aliphatic heterocycles. The van der Waals surface area contributed by atoms with Gasteiger partial charge in [0.15, 0.2) is 0 Å². The van der Waals surface area contributed by atoms with E-state index in [9.17, 15) is 9.18 Å². The lowest BCUT2D eigenvalue weighted by Crippen LogP contribution is -2.32. The molecule has 0 atom stereocenters. The predicted molar refractivity (Wildman–Crippen MR) is 68.4 cm³/mol. The topological polar surface area (TPSA) is 49.0 Å². The van der Waals surface area contributed by atoms with E-state index < -0.39 is 11.5 Å². The monoisotopic (exact) mass is 247 g/mol. The second-order valence-electron chi connectivity index (χ2n) is 4.58. The van der Waals surface area contributed by atoms with E-state index in [1.54, 1.807) is 12.1 Å². The molecule has 1 fully saturated rings. The Morgan fingerprint density at radius 3 is 2.78 bits per heavy atom. The first-order chi connectivity index (χ1) is 8.75. The number of hydrogen-bond acceptors (Lipinski definition) is 3. The van der Waals surface area contributed by atoms with Crippen molar-refractivity contribution in [2.75, 3.05) is 18.0 Å². The second kappa shape index (κ2) is 4.40. The van der Waals surface area contributed by atoms with Crippen molar-refractivity contribution in [3.8, 4) is 0 Å². The van der Waals surface area contributed by atoms with Crippen LogP contribution in [0.15, 0.2) is 23.0 Å². The molecule has 1 aliphatic rings. The molecule has 0 radical (unpaired) electrons. The van der Waals surface area contributed by atoms with Gasteiger partial charge >= 0.3 is 5.69 Å². The van der Waals surface area contributed by atoms with Crippen molar-refractivity contribution in [1.82, 2.24) is 9.97 Å². The lowest BCUT2D eigenvalue weighted by atomic mass is 10.1. The van der Waals surface area contributed by atoms with Crippen LogP contribution in [-0.2, 0) is 0 Å². The third-order valence-corrected chi connectivity index (χ3v) is 3.35. The van der Waals surface area contributed by atoms with Crippen LogP contribution in [0.1, 0.15) is 19.3 Å². The third-order valence-electron chi connectivity index (χ3n) is 3.35. The summed E-state index contributed by atoms with van der Waals surface area (Å²) in [4.78, 5) is 20.1. The number of rotatable bonds is 1. The maximum Gasteiger partial charge on any atom is 0.347 e. The zero-order valence-corrected chi connectivity index (χ0v) is 9.95. The highest BCUT2D eigenvalue weighted by atomic mass is 19.1.